The van der Waals surface area contributed by atoms with Crippen molar-refractivity contribution in [3.8, 4) is 6.07 Å². The highest BCUT2D eigenvalue weighted by Gasteiger charge is 2.12. The number of hydrogen-bond donors (Lipinski definition) is 1. The van der Waals surface area contributed by atoms with Crippen LogP contribution in [0.25, 0.3) is 6.08 Å². The zero-order valence-corrected chi connectivity index (χ0v) is 11.6. The van der Waals surface area contributed by atoms with Crippen molar-refractivity contribution >= 4 is 29.3 Å². The molecular formula is C14H15ClN2O2. The van der Waals surface area contributed by atoms with Gasteiger partial charge in [-0.25, -0.2) is 4.79 Å². The largest absolute Gasteiger partial charge is 0.478 e. The molecule has 1 aromatic rings. The maximum atomic E-state index is 10.6. The standard InChI is InChI=1S/C14H15ClN2O2/c1-10(7-8-16)17(2)13-5-4-12(15)9-11(13)3-6-14(18)19/h3-6,9-10H,7H2,1-2H3,(H,18,19)/b6-3+. The van der Waals surface area contributed by atoms with Crippen molar-refractivity contribution in [2.45, 2.75) is 19.4 Å². The Morgan fingerprint density at radius 3 is 2.89 bits per heavy atom. The quantitative estimate of drug-likeness (QED) is 0.840. The lowest BCUT2D eigenvalue weighted by Crippen LogP contribution is -2.28. The molecular weight excluding hydrogens is 264 g/mol. The molecule has 0 bridgehead atoms. The first-order chi connectivity index (χ1) is 8.95. The summed E-state index contributed by atoms with van der Waals surface area (Å²) >= 11 is 5.93. The summed E-state index contributed by atoms with van der Waals surface area (Å²) in [5, 5.41) is 18.0. The van der Waals surface area contributed by atoms with Crippen LogP contribution in [0.2, 0.25) is 5.02 Å². The van der Waals surface area contributed by atoms with Crippen molar-refractivity contribution in [1.82, 2.24) is 0 Å². The lowest BCUT2D eigenvalue weighted by Gasteiger charge is -2.27. The topological polar surface area (TPSA) is 64.3 Å². The molecule has 4 nitrogen and oxygen atoms in total. The minimum atomic E-state index is -1.02. The molecule has 19 heavy (non-hydrogen) atoms. The van der Waals surface area contributed by atoms with Crippen LogP contribution < -0.4 is 4.90 Å². The Morgan fingerprint density at radius 1 is 1.63 bits per heavy atom. The molecule has 100 valence electrons. The summed E-state index contributed by atoms with van der Waals surface area (Å²) in [6, 6.07) is 7.41. The van der Waals surface area contributed by atoms with E-state index in [1.54, 1.807) is 12.1 Å². The third kappa shape index (κ3) is 4.31. The van der Waals surface area contributed by atoms with E-state index in [4.69, 9.17) is 22.0 Å². The Kier molecular flexibility index (Phi) is 5.40. The number of halogens is 1. The first-order valence-corrected chi connectivity index (χ1v) is 6.14. The summed E-state index contributed by atoms with van der Waals surface area (Å²) in [5.74, 6) is -1.02. The Bertz CT molecular complexity index is 535. The van der Waals surface area contributed by atoms with Crippen LogP contribution in [0.5, 0.6) is 0 Å². The number of nitrogens with zero attached hydrogens (tertiary/aromatic N) is 2. The number of nitriles is 1. The molecule has 1 N–H and O–H groups in total. The van der Waals surface area contributed by atoms with Gasteiger partial charge in [0, 0.05) is 29.9 Å². The fraction of sp³-hybridized carbons (Fsp3) is 0.286. The third-order valence-electron chi connectivity index (χ3n) is 2.82. The number of rotatable bonds is 5. The fourth-order valence-electron chi connectivity index (χ4n) is 1.65. The highest BCUT2D eigenvalue weighted by atomic mass is 35.5. The molecule has 0 aliphatic rings. The zero-order valence-electron chi connectivity index (χ0n) is 10.8. The minimum absolute atomic E-state index is 0.0307. The van der Waals surface area contributed by atoms with Crippen molar-refractivity contribution < 1.29 is 9.90 Å². The smallest absolute Gasteiger partial charge is 0.328 e. The van der Waals surface area contributed by atoms with Gasteiger partial charge >= 0.3 is 5.97 Å². The molecule has 0 amide bonds. The summed E-state index contributed by atoms with van der Waals surface area (Å²) in [4.78, 5) is 12.5. The summed E-state index contributed by atoms with van der Waals surface area (Å²) in [6.07, 6.45) is 2.96. The van der Waals surface area contributed by atoms with Gasteiger partial charge in [0.15, 0.2) is 0 Å². The van der Waals surface area contributed by atoms with E-state index in [1.165, 1.54) is 6.08 Å². The molecule has 0 saturated heterocycles. The Labute approximate surface area is 117 Å². The maximum absolute atomic E-state index is 10.6. The van der Waals surface area contributed by atoms with Gasteiger partial charge in [-0.15, -0.1) is 0 Å². The van der Waals surface area contributed by atoms with E-state index >= 15 is 0 Å². The van der Waals surface area contributed by atoms with E-state index in [9.17, 15) is 4.79 Å². The molecule has 0 aliphatic heterocycles. The molecule has 0 aromatic heterocycles. The summed E-state index contributed by atoms with van der Waals surface area (Å²) < 4.78 is 0. The SMILES string of the molecule is CC(CC#N)N(C)c1ccc(Cl)cc1/C=C/C(=O)O. The van der Waals surface area contributed by atoms with Gasteiger partial charge in [-0.05, 0) is 36.8 Å². The molecule has 1 atom stereocenters. The average Bonchev–Trinajstić information content (AvgIpc) is 2.36. The summed E-state index contributed by atoms with van der Waals surface area (Å²) in [7, 11) is 1.86. The summed E-state index contributed by atoms with van der Waals surface area (Å²) in [6.45, 7) is 1.93. The van der Waals surface area contributed by atoms with Crippen molar-refractivity contribution in [2.24, 2.45) is 0 Å². The van der Waals surface area contributed by atoms with Crippen LogP contribution >= 0.6 is 11.6 Å². The van der Waals surface area contributed by atoms with Crippen LogP contribution in [-0.4, -0.2) is 24.2 Å². The van der Waals surface area contributed by atoms with Gasteiger partial charge in [-0.3, -0.25) is 0 Å². The van der Waals surface area contributed by atoms with Gasteiger partial charge in [0.05, 0.1) is 12.5 Å². The predicted molar refractivity (Wildman–Crippen MR) is 76.2 cm³/mol. The van der Waals surface area contributed by atoms with Crippen molar-refractivity contribution in [2.75, 3.05) is 11.9 Å². The number of carbonyl (C=O) groups is 1. The van der Waals surface area contributed by atoms with Crippen molar-refractivity contribution in [3.63, 3.8) is 0 Å². The first kappa shape index (κ1) is 15.1. The molecule has 0 aliphatic carbocycles. The maximum Gasteiger partial charge on any atom is 0.328 e. The molecule has 0 fully saturated rings. The van der Waals surface area contributed by atoms with Crippen LogP contribution in [0.4, 0.5) is 5.69 Å². The zero-order chi connectivity index (χ0) is 14.4. The van der Waals surface area contributed by atoms with Crippen LogP contribution in [0.15, 0.2) is 24.3 Å². The predicted octanol–water partition coefficient (Wildman–Crippen LogP) is 3.18. The molecule has 0 spiro atoms. The number of hydrogen-bond acceptors (Lipinski definition) is 3. The normalized spacial score (nSPS) is 12.1. The van der Waals surface area contributed by atoms with Gasteiger partial charge in [0.2, 0.25) is 0 Å². The number of carboxylic acid groups (broad SMARTS) is 1. The molecule has 1 aromatic carbocycles. The van der Waals surface area contributed by atoms with E-state index in [-0.39, 0.29) is 6.04 Å². The number of carboxylic acids is 1. The van der Waals surface area contributed by atoms with Gasteiger partial charge in [-0.2, -0.15) is 5.26 Å². The number of anilines is 1. The fourth-order valence-corrected chi connectivity index (χ4v) is 1.83. The van der Waals surface area contributed by atoms with Crippen LogP contribution in [0.1, 0.15) is 18.9 Å². The second-order valence-electron chi connectivity index (χ2n) is 4.20. The third-order valence-corrected chi connectivity index (χ3v) is 3.06. The van der Waals surface area contributed by atoms with E-state index in [2.05, 4.69) is 6.07 Å². The molecule has 5 heteroatoms. The van der Waals surface area contributed by atoms with E-state index in [1.807, 2.05) is 24.9 Å². The van der Waals surface area contributed by atoms with Gasteiger partial charge < -0.3 is 10.0 Å². The van der Waals surface area contributed by atoms with Crippen LogP contribution in [0, 0.1) is 11.3 Å². The van der Waals surface area contributed by atoms with E-state index in [0.29, 0.717) is 17.0 Å². The number of benzene rings is 1. The van der Waals surface area contributed by atoms with Crippen molar-refractivity contribution in [3.05, 3.63) is 34.9 Å². The van der Waals surface area contributed by atoms with E-state index in [0.717, 1.165) is 11.8 Å². The highest BCUT2D eigenvalue weighted by Crippen LogP contribution is 2.26. The molecule has 0 saturated carbocycles. The molecule has 0 heterocycles. The monoisotopic (exact) mass is 278 g/mol. The van der Waals surface area contributed by atoms with Crippen LogP contribution in [0.3, 0.4) is 0 Å². The van der Waals surface area contributed by atoms with Crippen LogP contribution in [-0.2, 0) is 4.79 Å². The van der Waals surface area contributed by atoms with Gasteiger partial charge in [0.25, 0.3) is 0 Å². The Morgan fingerprint density at radius 2 is 2.32 bits per heavy atom. The average molecular weight is 279 g/mol. The van der Waals surface area contributed by atoms with E-state index < -0.39 is 5.97 Å². The summed E-state index contributed by atoms with van der Waals surface area (Å²) in [5.41, 5.74) is 1.55. The first-order valence-electron chi connectivity index (χ1n) is 5.76. The van der Waals surface area contributed by atoms with Crippen molar-refractivity contribution in [1.29, 1.82) is 5.26 Å². The Hall–Kier alpha value is -1.99. The number of aliphatic carboxylic acids is 1. The second-order valence-corrected chi connectivity index (χ2v) is 4.63. The second kappa shape index (κ2) is 6.81. The Balaban J connectivity index is 3.13. The molecule has 0 radical (unpaired) electrons. The minimum Gasteiger partial charge on any atom is -0.478 e. The highest BCUT2D eigenvalue weighted by molar-refractivity contribution is 6.30. The molecule has 1 unspecified atom stereocenters. The lowest BCUT2D eigenvalue weighted by molar-refractivity contribution is -0.131. The molecule has 1 rings (SSSR count). The van der Waals surface area contributed by atoms with Gasteiger partial charge in [-0.1, -0.05) is 11.6 Å². The lowest BCUT2D eigenvalue weighted by atomic mass is 10.1. The van der Waals surface area contributed by atoms with Gasteiger partial charge in [0.1, 0.15) is 0 Å².